The number of hydrogen-bond acceptors (Lipinski definition) is 2. The van der Waals surface area contributed by atoms with E-state index in [4.69, 9.17) is 0 Å². The molecule has 1 aromatic heterocycles. The minimum Gasteiger partial charge on any atom is -0.310 e. The summed E-state index contributed by atoms with van der Waals surface area (Å²) >= 11 is 0. The molecule has 1 atom stereocenters. The highest BCUT2D eigenvalue weighted by Gasteiger charge is 2.31. The van der Waals surface area contributed by atoms with Crippen LogP contribution in [0.4, 0.5) is 19.0 Å². The van der Waals surface area contributed by atoms with Crippen molar-refractivity contribution in [3.8, 4) is 5.69 Å². The lowest BCUT2D eigenvalue weighted by molar-refractivity contribution is -0.116. The third kappa shape index (κ3) is 2.77. The number of hydrogen-bond donors (Lipinski definition) is 1. The van der Waals surface area contributed by atoms with Crippen LogP contribution in [0.5, 0.6) is 0 Å². The van der Waals surface area contributed by atoms with Gasteiger partial charge in [0.1, 0.15) is 29.6 Å². The number of anilines is 1. The van der Waals surface area contributed by atoms with Gasteiger partial charge in [0.05, 0.1) is 11.4 Å². The number of nitrogens with one attached hydrogen (secondary N) is 1. The Morgan fingerprint density at radius 3 is 2.52 bits per heavy atom. The summed E-state index contributed by atoms with van der Waals surface area (Å²) < 4.78 is 42.0. The van der Waals surface area contributed by atoms with Crippen LogP contribution in [0.15, 0.2) is 48.8 Å². The zero-order chi connectivity index (χ0) is 17.6. The minimum atomic E-state index is -0.735. The van der Waals surface area contributed by atoms with E-state index in [9.17, 15) is 18.0 Å². The summed E-state index contributed by atoms with van der Waals surface area (Å²) in [5, 5.41) is 2.68. The molecule has 0 fully saturated rings. The molecule has 1 N–H and O–H groups in total. The van der Waals surface area contributed by atoms with Gasteiger partial charge in [0.25, 0.3) is 0 Å². The molecule has 4 nitrogen and oxygen atoms in total. The molecule has 7 heteroatoms. The van der Waals surface area contributed by atoms with Gasteiger partial charge in [0, 0.05) is 18.4 Å². The Kier molecular flexibility index (Phi) is 3.56. The quantitative estimate of drug-likeness (QED) is 0.770. The predicted molar refractivity (Wildman–Crippen MR) is 85.0 cm³/mol. The summed E-state index contributed by atoms with van der Waals surface area (Å²) in [7, 11) is 0. The molecule has 0 radical (unpaired) electrons. The molecule has 0 saturated heterocycles. The Labute approximate surface area is 140 Å². The molecule has 0 aliphatic carbocycles. The lowest BCUT2D eigenvalue weighted by Gasteiger charge is -2.23. The zero-order valence-electron chi connectivity index (χ0n) is 12.8. The maximum Gasteiger partial charge on any atom is 0.226 e. The van der Waals surface area contributed by atoms with Gasteiger partial charge < -0.3 is 5.32 Å². The Morgan fingerprint density at radius 2 is 1.80 bits per heavy atom. The number of fused-ring (bicyclic) bond motifs is 1. The fourth-order valence-electron chi connectivity index (χ4n) is 3.08. The molecule has 2 heterocycles. The van der Waals surface area contributed by atoms with Gasteiger partial charge >= 0.3 is 0 Å². The Morgan fingerprint density at radius 1 is 1.04 bits per heavy atom. The van der Waals surface area contributed by atoms with E-state index in [2.05, 4.69) is 10.3 Å². The van der Waals surface area contributed by atoms with E-state index >= 15 is 0 Å². The first kappa shape index (κ1) is 15.4. The summed E-state index contributed by atoms with van der Waals surface area (Å²) in [6.45, 7) is 0. The Hall–Kier alpha value is -3.09. The Balaban J connectivity index is 1.84. The molecule has 1 amide bonds. The second kappa shape index (κ2) is 5.77. The molecule has 0 saturated carbocycles. The number of aromatic nitrogens is 2. The maximum absolute atomic E-state index is 13.5. The molecule has 0 spiro atoms. The smallest absolute Gasteiger partial charge is 0.226 e. The van der Waals surface area contributed by atoms with Crippen LogP contribution in [0, 0.1) is 17.5 Å². The van der Waals surface area contributed by atoms with Crippen molar-refractivity contribution in [2.45, 2.75) is 12.3 Å². The van der Waals surface area contributed by atoms with E-state index in [1.165, 1.54) is 23.0 Å². The van der Waals surface area contributed by atoms with Crippen LogP contribution in [-0.2, 0) is 4.79 Å². The fraction of sp³-hybridized carbons (Fsp3) is 0.111. The lowest BCUT2D eigenvalue weighted by Crippen LogP contribution is -2.25. The van der Waals surface area contributed by atoms with E-state index in [0.717, 1.165) is 18.2 Å². The summed E-state index contributed by atoms with van der Waals surface area (Å²) in [5.74, 6) is -2.26. The standard InChI is InChI=1S/C18H12F3N3O/c19-11-3-1-2-10(4-11)15-8-16(25)23-18-17(15)22-9-24(18)14-6-12(20)5-13(21)7-14/h1-7,9,15H,8H2,(H,23,25)/t15-/m1/s1. The first-order chi connectivity index (χ1) is 12.0. The number of halogens is 3. The first-order valence-electron chi connectivity index (χ1n) is 7.60. The first-order valence-corrected chi connectivity index (χ1v) is 7.60. The lowest BCUT2D eigenvalue weighted by atomic mass is 9.90. The molecule has 1 aliphatic rings. The normalized spacial score (nSPS) is 16.4. The van der Waals surface area contributed by atoms with Gasteiger partial charge in [0.15, 0.2) is 0 Å². The average molecular weight is 343 g/mol. The van der Waals surface area contributed by atoms with Gasteiger partial charge in [-0.15, -0.1) is 0 Å². The van der Waals surface area contributed by atoms with Crippen molar-refractivity contribution in [2.24, 2.45) is 0 Å². The molecule has 3 aromatic rings. The van der Waals surface area contributed by atoms with Gasteiger partial charge in [-0.3, -0.25) is 9.36 Å². The topological polar surface area (TPSA) is 46.9 Å². The zero-order valence-corrected chi connectivity index (χ0v) is 12.8. The summed E-state index contributed by atoms with van der Waals surface area (Å²) in [4.78, 5) is 16.4. The van der Waals surface area contributed by atoms with Crippen molar-refractivity contribution in [1.29, 1.82) is 0 Å². The van der Waals surface area contributed by atoms with E-state index in [1.807, 2.05) is 0 Å². The van der Waals surface area contributed by atoms with Crippen molar-refractivity contribution in [1.82, 2.24) is 9.55 Å². The van der Waals surface area contributed by atoms with Crippen LogP contribution < -0.4 is 5.32 Å². The summed E-state index contributed by atoms with van der Waals surface area (Å²) in [6, 6.07) is 9.01. The molecule has 1 aliphatic heterocycles. The fourth-order valence-corrected chi connectivity index (χ4v) is 3.08. The maximum atomic E-state index is 13.5. The van der Waals surface area contributed by atoms with Crippen molar-refractivity contribution in [3.05, 3.63) is 77.5 Å². The molecule has 25 heavy (non-hydrogen) atoms. The summed E-state index contributed by atoms with van der Waals surface area (Å²) in [6.07, 6.45) is 1.50. The molecule has 0 unspecified atom stereocenters. The molecular weight excluding hydrogens is 331 g/mol. The van der Waals surface area contributed by atoms with Gasteiger partial charge in [-0.05, 0) is 29.8 Å². The monoisotopic (exact) mass is 343 g/mol. The number of imidazole rings is 1. The van der Waals surface area contributed by atoms with Crippen LogP contribution in [0.25, 0.3) is 5.69 Å². The van der Waals surface area contributed by atoms with Crippen LogP contribution in [0.3, 0.4) is 0 Å². The van der Waals surface area contributed by atoms with Crippen molar-refractivity contribution < 1.29 is 18.0 Å². The highest BCUT2D eigenvalue weighted by molar-refractivity contribution is 5.94. The second-order valence-corrected chi connectivity index (χ2v) is 5.84. The predicted octanol–water partition coefficient (Wildman–Crippen LogP) is 3.76. The third-order valence-electron chi connectivity index (χ3n) is 4.15. The SMILES string of the molecule is O=C1C[C@H](c2cccc(F)c2)c2ncn(-c3cc(F)cc(F)c3)c2N1. The number of nitrogens with zero attached hydrogens (tertiary/aromatic N) is 2. The number of carbonyl (C=O) groups is 1. The number of amides is 1. The van der Waals surface area contributed by atoms with Crippen LogP contribution in [0.1, 0.15) is 23.6 Å². The average Bonchev–Trinajstić information content (AvgIpc) is 2.96. The van der Waals surface area contributed by atoms with E-state index < -0.39 is 23.4 Å². The highest BCUT2D eigenvalue weighted by Crippen LogP contribution is 2.37. The van der Waals surface area contributed by atoms with Crippen molar-refractivity contribution >= 4 is 11.7 Å². The number of benzene rings is 2. The van der Waals surface area contributed by atoms with Crippen molar-refractivity contribution in [3.63, 3.8) is 0 Å². The molecule has 2 aromatic carbocycles. The summed E-state index contributed by atoms with van der Waals surface area (Å²) in [5.41, 5.74) is 1.34. The van der Waals surface area contributed by atoms with Gasteiger partial charge in [0.2, 0.25) is 5.91 Å². The molecular formula is C18H12F3N3O. The molecule has 126 valence electrons. The van der Waals surface area contributed by atoms with Gasteiger partial charge in [-0.25, -0.2) is 18.2 Å². The van der Waals surface area contributed by atoms with Crippen LogP contribution in [-0.4, -0.2) is 15.5 Å². The van der Waals surface area contributed by atoms with E-state index in [1.54, 1.807) is 12.1 Å². The molecule has 0 bridgehead atoms. The largest absolute Gasteiger partial charge is 0.310 e. The van der Waals surface area contributed by atoms with Crippen LogP contribution in [0.2, 0.25) is 0 Å². The van der Waals surface area contributed by atoms with E-state index in [-0.39, 0.29) is 18.0 Å². The second-order valence-electron chi connectivity index (χ2n) is 5.84. The van der Waals surface area contributed by atoms with Crippen LogP contribution >= 0.6 is 0 Å². The number of carbonyl (C=O) groups excluding carboxylic acids is 1. The Bertz CT molecular complexity index is 963. The number of rotatable bonds is 2. The van der Waals surface area contributed by atoms with Crippen molar-refractivity contribution in [2.75, 3.05) is 5.32 Å². The molecule has 4 rings (SSSR count). The van der Waals surface area contributed by atoms with Gasteiger partial charge in [-0.2, -0.15) is 0 Å². The van der Waals surface area contributed by atoms with E-state index in [0.29, 0.717) is 17.1 Å². The minimum absolute atomic E-state index is 0.116. The highest BCUT2D eigenvalue weighted by atomic mass is 19.1. The van der Waals surface area contributed by atoms with Gasteiger partial charge in [-0.1, -0.05) is 12.1 Å². The third-order valence-corrected chi connectivity index (χ3v) is 4.15.